The number of hydrogen-bond acceptors (Lipinski definition) is 5. The fourth-order valence-corrected chi connectivity index (χ4v) is 4.16. The average Bonchev–Trinajstić information content (AvgIpc) is 2.60. The molecular formula is C18H24O5S. The number of allylic oxidation sites excluding steroid dienone is 2. The number of carbonyl (C=O) groups excluding carboxylic acids is 1. The lowest BCUT2D eigenvalue weighted by molar-refractivity contribution is -0.148. The summed E-state index contributed by atoms with van der Waals surface area (Å²) in [5.74, 6) is -0.493. The minimum Gasteiger partial charge on any atom is -0.497 e. The first-order chi connectivity index (χ1) is 11.4. The second-order valence-electron chi connectivity index (χ2n) is 6.14. The molecule has 0 heterocycles. The van der Waals surface area contributed by atoms with Crippen molar-refractivity contribution >= 4 is 15.8 Å². The number of methoxy groups -OCH3 is 1. The summed E-state index contributed by atoms with van der Waals surface area (Å²) >= 11 is 0. The Hall–Kier alpha value is -1.82. The quantitative estimate of drug-likeness (QED) is 0.557. The van der Waals surface area contributed by atoms with Crippen LogP contribution in [-0.4, -0.2) is 33.9 Å². The summed E-state index contributed by atoms with van der Waals surface area (Å²) < 4.78 is 35.1. The summed E-state index contributed by atoms with van der Waals surface area (Å²) in [4.78, 5) is 12.3. The largest absolute Gasteiger partial charge is 0.497 e. The van der Waals surface area contributed by atoms with Crippen LogP contribution in [0.2, 0.25) is 0 Å². The minimum absolute atomic E-state index is 0.181. The van der Waals surface area contributed by atoms with Gasteiger partial charge in [0.1, 0.15) is 5.75 Å². The average molecular weight is 352 g/mol. The highest BCUT2D eigenvalue weighted by atomic mass is 32.2. The van der Waals surface area contributed by atoms with Gasteiger partial charge in [-0.15, -0.1) is 0 Å². The molecule has 0 aliphatic heterocycles. The molecule has 1 aromatic rings. The maximum absolute atomic E-state index is 12.4. The van der Waals surface area contributed by atoms with Gasteiger partial charge in [0, 0.05) is 0 Å². The van der Waals surface area contributed by atoms with Gasteiger partial charge < -0.3 is 9.47 Å². The van der Waals surface area contributed by atoms with Crippen LogP contribution in [-0.2, 0) is 19.4 Å². The summed E-state index contributed by atoms with van der Waals surface area (Å²) in [5.41, 5.74) is 0. The molecule has 0 radical (unpaired) electrons. The summed E-state index contributed by atoms with van der Waals surface area (Å²) in [6.45, 7) is 1.94. The molecule has 24 heavy (non-hydrogen) atoms. The summed E-state index contributed by atoms with van der Waals surface area (Å²) in [6.07, 6.45) is 7.14. The van der Waals surface area contributed by atoms with Crippen molar-refractivity contribution in [2.75, 3.05) is 19.5 Å². The Morgan fingerprint density at radius 1 is 1.25 bits per heavy atom. The topological polar surface area (TPSA) is 69.7 Å². The predicted octanol–water partition coefficient (Wildman–Crippen LogP) is 3.00. The number of sulfone groups is 1. The van der Waals surface area contributed by atoms with Gasteiger partial charge in [-0.05, 0) is 49.4 Å². The van der Waals surface area contributed by atoms with Crippen molar-refractivity contribution in [2.45, 2.75) is 31.1 Å². The summed E-state index contributed by atoms with van der Waals surface area (Å²) in [7, 11) is -2.02. The molecule has 0 bridgehead atoms. The van der Waals surface area contributed by atoms with Crippen LogP contribution >= 0.6 is 0 Å². The minimum atomic E-state index is -3.54. The molecule has 6 heteroatoms. The molecule has 0 saturated carbocycles. The molecule has 132 valence electrons. The van der Waals surface area contributed by atoms with Crippen molar-refractivity contribution in [2.24, 2.45) is 11.8 Å². The Kier molecular flexibility index (Phi) is 6.43. The monoisotopic (exact) mass is 352 g/mol. The fourth-order valence-electron chi connectivity index (χ4n) is 2.63. The maximum atomic E-state index is 12.4. The maximum Gasteiger partial charge on any atom is 0.309 e. The standard InChI is InChI=1S/C18H24O5S/c1-14(18(19)23-12-15-6-4-3-5-7-15)13-24(20,21)17-10-8-16(22-2)9-11-17/h3-4,8-11,14-15H,5-7,12-13H2,1-2H3/t14-,15-/m1/s1. The smallest absolute Gasteiger partial charge is 0.309 e. The molecule has 1 aliphatic carbocycles. The Bertz CT molecular complexity index is 676. The first kappa shape index (κ1) is 18.5. The van der Waals surface area contributed by atoms with Crippen molar-refractivity contribution < 1.29 is 22.7 Å². The predicted molar refractivity (Wildman–Crippen MR) is 91.7 cm³/mol. The van der Waals surface area contributed by atoms with E-state index in [1.807, 2.05) is 0 Å². The van der Waals surface area contributed by atoms with Gasteiger partial charge in [-0.2, -0.15) is 0 Å². The van der Waals surface area contributed by atoms with Crippen LogP contribution in [0.3, 0.4) is 0 Å². The third-order valence-electron chi connectivity index (χ3n) is 4.13. The highest BCUT2D eigenvalue weighted by Gasteiger charge is 2.25. The Morgan fingerprint density at radius 2 is 1.96 bits per heavy atom. The number of rotatable bonds is 7. The van der Waals surface area contributed by atoms with Crippen molar-refractivity contribution in [1.29, 1.82) is 0 Å². The van der Waals surface area contributed by atoms with Gasteiger partial charge in [0.2, 0.25) is 0 Å². The van der Waals surface area contributed by atoms with Crippen molar-refractivity contribution in [3.8, 4) is 5.75 Å². The van der Waals surface area contributed by atoms with Crippen molar-refractivity contribution in [3.05, 3.63) is 36.4 Å². The van der Waals surface area contributed by atoms with E-state index in [4.69, 9.17) is 9.47 Å². The van der Waals surface area contributed by atoms with E-state index in [9.17, 15) is 13.2 Å². The molecule has 0 fully saturated rings. The van der Waals surface area contributed by atoms with Gasteiger partial charge in [-0.25, -0.2) is 8.42 Å². The lowest BCUT2D eigenvalue weighted by Gasteiger charge is -2.19. The van der Waals surface area contributed by atoms with E-state index in [2.05, 4.69) is 12.2 Å². The van der Waals surface area contributed by atoms with E-state index in [0.29, 0.717) is 18.3 Å². The molecule has 0 aromatic heterocycles. The zero-order chi connectivity index (χ0) is 17.6. The van der Waals surface area contributed by atoms with E-state index in [1.54, 1.807) is 19.1 Å². The van der Waals surface area contributed by atoms with E-state index < -0.39 is 21.7 Å². The molecule has 5 nitrogen and oxygen atoms in total. The van der Waals surface area contributed by atoms with Gasteiger partial charge in [-0.3, -0.25) is 4.79 Å². The van der Waals surface area contributed by atoms with Gasteiger partial charge >= 0.3 is 5.97 Å². The molecule has 2 rings (SSSR count). The van der Waals surface area contributed by atoms with E-state index in [1.165, 1.54) is 19.2 Å². The SMILES string of the molecule is COc1ccc(S(=O)(=O)C[C@@H](C)C(=O)OC[C@@H]2CC=CCC2)cc1. The highest BCUT2D eigenvalue weighted by Crippen LogP contribution is 2.21. The van der Waals surface area contributed by atoms with Crippen molar-refractivity contribution in [3.63, 3.8) is 0 Å². The molecular weight excluding hydrogens is 328 g/mol. The fraction of sp³-hybridized carbons (Fsp3) is 0.500. The number of hydrogen-bond donors (Lipinski definition) is 0. The van der Waals surface area contributed by atoms with Gasteiger partial charge in [0.05, 0.1) is 30.3 Å². The molecule has 2 atom stereocenters. The molecule has 1 aliphatic rings. The summed E-state index contributed by atoms with van der Waals surface area (Å²) in [6, 6.07) is 6.15. The number of esters is 1. The van der Waals surface area contributed by atoms with Gasteiger partial charge in [0.25, 0.3) is 0 Å². The van der Waals surface area contributed by atoms with Gasteiger partial charge in [-0.1, -0.05) is 19.1 Å². The normalized spacial score (nSPS) is 18.8. The van der Waals surface area contributed by atoms with E-state index >= 15 is 0 Å². The van der Waals surface area contributed by atoms with Crippen LogP contribution in [0.15, 0.2) is 41.3 Å². The van der Waals surface area contributed by atoms with Crippen LogP contribution < -0.4 is 4.74 Å². The third-order valence-corrected chi connectivity index (χ3v) is 6.06. The van der Waals surface area contributed by atoms with E-state index in [0.717, 1.165) is 19.3 Å². The zero-order valence-electron chi connectivity index (χ0n) is 14.1. The zero-order valence-corrected chi connectivity index (χ0v) is 14.9. The van der Waals surface area contributed by atoms with E-state index in [-0.39, 0.29) is 10.6 Å². The molecule has 0 N–H and O–H groups in total. The van der Waals surface area contributed by atoms with Crippen LogP contribution in [0.5, 0.6) is 5.75 Å². The molecule has 1 aromatic carbocycles. The number of ether oxygens (including phenoxy) is 2. The number of carbonyl (C=O) groups is 1. The van der Waals surface area contributed by atoms with Crippen LogP contribution in [0, 0.1) is 11.8 Å². The highest BCUT2D eigenvalue weighted by molar-refractivity contribution is 7.91. The third kappa shape index (κ3) is 5.09. The number of benzene rings is 1. The molecule has 0 unspecified atom stereocenters. The first-order valence-corrected chi connectivity index (χ1v) is 9.76. The second-order valence-corrected chi connectivity index (χ2v) is 8.17. The van der Waals surface area contributed by atoms with Crippen molar-refractivity contribution in [1.82, 2.24) is 0 Å². The lowest BCUT2D eigenvalue weighted by Crippen LogP contribution is -2.25. The lowest BCUT2D eigenvalue weighted by atomic mass is 9.95. The molecule has 0 amide bonds. The summed E-state index contributed by atoms with van der Waals surface area (Å²) in [5, 5.41) is 0. The first-order valence-electron chi connectivity index (χ1n) is 8.11. The Morgan fingerprint density at radius 3 is 2.54 bits per heavy atom. The molecule has 0 saturated heterocycles. The molecule has 0 spiro atoms. The van der Waals surface area contributed by atoms with Crippen LogP contribution in [0.25, 0.3) is 0 Å². The second kappa shape index (κ2) is 8.33. The van der Waals surface area contributed by atoms with Crippen LogP contribution in [0.1, 0.15) is 26.2 Å². The Balaban J connectivity index is 1.89. The van der Waals surface area contributed by atoms with Crippen LogP contribution in [0.4, 0.5) is 0 Å². The Labute approximate surface area is 143 Å². The van der Waals surface area contributed by atoms with Gasteiger partial charge in [0.15, 0.2) is 9.84 Å².